The maximum absolute atomic E-state index is 5.47. The minimum atomic E-state index is 0.595. The number of rotatable bonds is 4. The Labute approximate surface area is 113 Å². The van der Waals surface area contributed by atoms with Crippen LogP contribution in [0, 0.1) is 11.8 Å². The van der Waals surface area contributed by atoms with Crippen molar-refractivity contribution in [2.75, 3.05) is 13.2 Å². The first-order chi connectivity index (χ1) is 9.24. The van der Waals surface area contributed by atoms with Crippen molar-refractivity contribution in [3.8, 4) is 0 Å². The predicted octanol–water partition coefficient (Wildman–Crippen LogP) is 2.67. The standard InChI is InChI=1S/C15H21N3O/c1-11(2)9-18-14(8-12-5-7-19-10-12)17-13-4-3-6-16-15(13)18/h3-4,6,11-12H,5,7-10H2,1-2H3. The Hall–Kier alpha value is -1.42. The first-order valence-corrected chi connectivity index (χ1v) is 7.12. The highest BCUT2D eigenvalue weighted by Gasteiger charge is 2.20. The van der Waals surface area contributed by atoms with E-state index in [0.29, 0.717) is 11.8 Å². The molecule has 1 fully saturated rings. The van der Waals surface area contributed by atoms with E-state index >= 15 is 0 Å². The zero-order chi connectivity index (χ0) is 13.2. The number of aromatic nitrogens is 3. The smallest absolute Gasteiger partial charge is 0.159 e. The van der Waals surface area contributed by atoms with Crippen molar-refractivity contribution < 1.29 is 4.74 Å². The first kappa shape index (κ1) is 12.6. The minimum Gasteiger partial charge on any atom is -0.381 e. The lowest BCUT2D eigenvalue weighted by Gasteiger charge is -2.13. The Balaban J connectivity index is 1.96. The van der Waals surface area contributed by atoms with Crippen molar-refractivity contribution in [2.24, 2.45) is 11.8 Å². The molecule has 1 saturated heterocycles. The summed E-state index contributed by atoms with van der Waals surface area (Å²) in [5.74, 6) is 2.37. The van der Waals surface area contributed by atoms with E-state index < -0.39 is 0 Å². The average molecular weight is 259 g/mol. The molecule has 0 aliphatic carbocycles. The molecule has 19 heavy (non-hydrogen) atoms. The van der Waals surface area contributed by atoms with Crippen LogP contribution in [0.4, 0.5) is 0 Å². The number of imidazole rings is 1. The van der Waals surface area contributed by atoms with Gasteiger partial charge in [-0.2, -0.15) is 0 Å². The van der Waals surface area contributed by atoms with Crippen molar-refractivity contribution >= 4 is 11.2 Å². The zero-order valence-corrected chi connectivity index (χ0v) is 11.7. The van der Waals surface area contributed by atoms with Crippen LogP contribution in [0.1, 0.15) is 26.1 Å². The molecule has 4 heteroatoms. The van der Waals surface area contributed by atoms with Gasteiger partial charge in [-0.05, 0) is 30.4 Å². The highest BCUT2D eigenvalue weighted by atomic mass is 16.5. The van der Waals surface area contributed by atoms with Gasteiger partial charge in [-0.25, -0.2) is 9.97 Å². The molecule has 0 radical (unpaired) electrons. The van der Waals surface area contributed by atoms with Crippen molar-refractivity contribution in [1.29, 1.82) is 0 Å². The van der Waals surface area contributed by atoms with Gasteiger partial charge in [-0.15, -0.1) is 0 Å². The first-order valence-electron chi connectivity index (χ1n) is 7.12. The predicted molar refractivity (Wildman–Crippen MR) is 75.0 cm³/mol. The van der Waals surface area contributed by atoms with Gasteiger partial charge in [0.25, 0.3) is 0 Å². The molecule has 1 atom stereocenters. The van der Waals surface area contributed by atoms with Crippen molar-refractivity contribution in [1.82, 2.24) is 14.5 Å². The third-order valence-corrected chi connectivity index (χ3v) is 3.63. The molecule has 1 unspecified atom stereocenters. The topological polar surface area (TPSA) is 39.9 Å². The van der Waals surface area contributed by atoms with Gasteiger partial charge in [-0.3, -0.25) is 0 Å². The Morgan fingerprint density at radius 2 is 2.37 bits per heavy atom. The van der Waals surface area contributed by atoms with Crippen LogP contribution >= 0.6 is 0 Å². The highest BCUT2D eigenvalue weighted by Crippen LogP contribution is 2.22. The van der Waals surface area contributed by atoms with Gasteiger partial charge in [-0.1, -0.05) is 13.8 Å². The van der Waals surface area contributed by atoms with E-state index in [1.807, 2.05) is 18.3 Å². The van der Waals surface area contributed by atoms with Crippen LogP contribution in [-0.4, -0.2) is 27.7 Å². The number of fused-ring (bicyclic) bond motifs is 1. The van der Waals surface area contributed by atoms with Crippen LogP contribution < -0.4 is 0 Å². The van der Waals surface area contributed by atoms with E-state index in [2.05, 4.69) is 23.4 Å². The number of hydrogen-bond acceptors (Lipinski definition) is 3. The van der Waals surface area contributed by atoms with Gasteiger partial charge in [0.1, 0.15) is 11.3 Å². The van der Waals surface area contributed by atoms with Gasteiger partial charge in [0, 0.05) is 32.4 Å². The second kappa shape index (κ2) is 5.29. The Kier molecular flexibility index (Phi) is 3.51. The number of hydrogen-bond donors (Lipinski definition) is 0. The van der Waals surface area contributed by atoms with E-state index in [-0.39, 0.29) is 0 Å². The molecule has 0 amide bonds. The van der Waals surface area contributed by atoms with Crippen LogP contribution in [0.2, 0.25) is 0 Å². The van der Waals surface area contributed by atoms with Gasteiger partial charge in [0.05, 0.1) is 0 Å². The lowest BCUT2D eigenvalue weighted by atomic mass is 10.0. The summed E-state index contributed by atoms with van der Waals surface area (Å²) < 4.78 is 7.76. The Morgan fingerprint density at radius 1 is 1.47 bits per heavy atom. The third-order valence-electron chi connectivity index (χ3n) is 3.63. The molecule has 1 aliphatic rings. The lowest BCUT2D eigenvalue weighted by Crippen LogP contribution is -2.13. The molecule has 3 rings (SSSR count). The molecule has 4 nitrogen and oxygen atoms in total. The summed E-state index contributed by atoms with van der Waals surface area (Å²) in [6, 6.07) is 4.01. The molecule has 0 N–H and O–H groups in total. The Morgan fingerprint density at radius 3 is 3.11 bits per heavy atom. The van der Waals surface area contributed by atoms with E-state index in [4.69, 9.17) is 9.72 Å². The molecule has 1 aliphatic heterocycles. The van der Waals surface area contributed by atoms with Crippen LogP contribution in [0.25, 0.3) is 11.2 Å². The summed E-state index contributed by atoms with van der Waals surface area (Å²) in [6.45, 7) is 7.22. The maximum Gasteiger partial charge on any atom is 0.159 e. The van der Waals surface area contributed by atoms with Crippen molar-refractivity contribution in [3.05, 3.63) is 24.2 Å². The summed E-state index contributed by atoms with van der Waals surface area (Å²) in [5, 5.41) is 0. The van der Waals surface area contributed by atoms with Gasteiger partial charge < -0.3 is 9.30 Å². The third kappa shape index (κ3) is 2.63. The van der Waals surface area contributed by atoms with Crippen molar-refractivity contribution in [3.63, 3.8) is 0 Å². The molecular weight excluding hydrogens is 238 g/mol. The molecule has 0 saturated carbocycles. The van der Waals surface area contributed by atoms with Crippen LogP contribution in [0.3, 0.4) is 0 Å². The van der Waals surface area contributed by atoms with Gasteiger partial charge in [0.2, 0.25) is 0 Å². The van der Waals surface area contributed by atoms with Gasteiger partial charge >= 0.3 is 0 Å². The number of pyridine rings is 1. The zero-order valence-electron chi connectivity index (χ0n) is 11.7. The number of ether oxygens (including phenoxy) is 1. The number of nitrogens with zero attached hydrogens (tertiary/aromatic N) is 3. The normalized spacial score (nSPS) is 19.6. The monoisotopic (exact) mass is 259 g/mol. The van der Waals surface area contributed by atoms with E-state index in [9.17, 15) is 0 Å². The minimum absolute atomic E-state index is 0.595. The molecule has 0 spiro atoms. The molecular formula is C15H21N3O. The summed E-state index contributed by atoms with van der Waals surface area (Å²) in [4.78, 5) is 9.27. The quantitative estimate of drug-likeness (QED) is 0.847. The van der Waals surface area contributed by atoms with Crippen LogP contribution in [-0.2, 0) is 17.7 Å². The molecule has 0 aromatic carbocycles. The summed E-state index contributed by atoms with van der Waals surface area (Å²) in [5.41, 5.74) is 2.03. The van der Waals surface area contributed by atoms with Crippen LogP contribution in [0.5, 0.6) is 0 Å². The molecule has 0 bridgehead atoms. The average Bonchev–Trinajstić information content (AvgIpc) is 2.99. The van der Waals surface area contributed by atoms with Crippen LogP contribution in [0.15, 0.2) is 18.3 Å². The fourth-order valence-electron chi connectivity index (χ4n) is 2.72. The maximum atomic E-state index is 5.47. The molecule has 102 valence electrons. The molecule has 2 aromatic rings. The summed E-state index contributed by atoms with van der Waals surface area (Å²) in [6.07, 6.45) is 4.00. The van der Waals surface area contributed by atoms with E-state index in [1.165, 1.54) is 0 Å². The fourth-order valence-corrected chi connectivity index (χ4v) is 2.72. The lowest BCUT2D eigenvalue weighted by molar-refractivity contribution is 0.185. The summed E-state index contributed by atoms with van der Waals surface area (Å²) in [7, 11) is 0. The second-order valence-corrected chi connectivity index (χ2v) is 5.81. The summed E-state index contributed by atoms with van der Waals surface area (Å²) >= 11 is 0. The largest absolute Gasteiger partial charge is 0.381 e. The van der Waals surface area contributed by atoms with Gasteiger partial charge in [0.15, 0.2) is 5.65 Å². The highest BCUT2D eigenvalue weighted by molar-refractivity contribution is 5.71. The molecule has 2 aromatic heterocycles. The second-order valence-electron chi connectivity index (χ2n) is 5.81. The van der Waals surface area contributed by atoms with E-state index in [1.54, 1.807) is 0 Å². The van der Waals surface area contributed by atoms with Crippen molar-refractivity contribution in [2.45, 2.75) is 33.2 Å². The Bertz CT molecular complexity index is 556. The van der Waals surface area contributed by atoms with E-state index in [0.717, 1.165) is 49.6 Å². The fraction of sp³-hybridized carbons (Fsp3) is 0.600. The molecule has 3 heterocycles. The SMILES string of the molecule is CC(C)Cn1c(CC2CCOC2)nc2cccnc21.